The van der Waals surface area contributed by atoms with E-state index in [0.29, 0.717) is 5.22 Å². The van der Waals surface area contributed by atoms with Crippen LogP contribution in [0.4, 0.5) is 10.5 Å². The van der Waals surface area contributed by atoms with Gasteiger partial charge in [0.2, 0.25) is 5.91 Å². The number of aromatic nitrogens is 1. The lowest BCUT2D eigenvalue weighted by Crippen LogP contribution is -2.41. The van der Waals surface area contributed by atoms with E-state index >= 15 is 0 Å². The van der Waals surface area contributed by atoms with Crippen molar-refractivity contribution in [3.05, 3.63) is 64.2 Å². The SMILES string of the molecule is Cc1cccc(-c2c3c(c4n2CCSC4c2ccc(Cl)o2)N(C)C(=O)N(C)C(=O)C3)c1. The number of carbonyl (C=O) groups is 2. The zero-order valence-corrected chi connectivity index (χ0v) is 19.1. The van der Waals surface area contributed by atoms with E-state index in [0.717, 1.165) is 51.8 Å². The van der Waals surface area contributed by atoms with Gasteiger partial charge in [0.1, 0.15) is 11.0 Å². The summed E-state index contributed by atoms with van der Waals surface area (Å²) in [6, 6.07) is 11.6. The Morgan fingerprint density at radius 3 is 2.65 bits per heavy atom. The molecule has 0 fully saturated rings. The van der Waals surface area contributed by atoms with Crippen molar-refractivity contribution >= 4 is 41.0 Å². The van der Waals surface area contributed by atoms with Gasteiger partial charge in [-0.3, -0.25) is 14.6 Å². The number of rotatable bonds is 2. The first kappa shape index (κ1) is 20.3. The highest BCUT2D eigenvalue weighted by Gasteiger charge is 2.40. The average molecular weight is 456 g/mol. The summed E-state index contributed by atoms with van der Waals surface area (Å²) in [6.45, 7) is 2.84. The summed E-state index contributed by atoms with van der Waals surface area (Å²) in [5, 5.41) is 0.214. The Kier molecular flexibility index (Phi) is 4.90. The standard InChI is InChI=1S/C23H22ClN3O3S/c1-13-5-4-6-14(11-13)19-15-12-18(28)25(2)23(29)26(3)20(15)21-22(31-10-9-27(19)21)16-7-8-17(24)30-16/h4-8,11,22H,9-10,12H2,1-3H3. The summed E-state index contributed by atoms with van der Waals surface area (Å²) in [6.07, 6.45) is 0.168. The monoisotopic (exact) mass is 455 g/mol. The number of urea groups is 1. The fourth-order valence-corrected chi connectivity index (χ4v) is 5.93. The van der Waals surface area contributed by atoms with Gasteiger partial charge in [0.15, 0.2) is 5.22 Å². The smallest absolute Gasteiger partial charge is 0.330 e. The molecular weight excluding hydrogens is 434 g/mol. The quantitative estimate of drug-likeness (QED) is 0.538. The molecule has 0 spiro atoms. The second-order valence-corrected chi connectivity index (χ2v) is 9.53. The van der Waals surface area contributed by atoms with Crippen LogP contribution in [0, 0.1) is 6.92 Å². The van der Waals surface area contributed by atoms with Crippen LogP contribution in [-0.2, 0) is 17.8 Å². The Morgan fingerprint density at radius 1 is 1.13 bits per heavy atom. The van der Waals surface area contributed by atoms with Gasteiger partial charge in [0, 0.05) is 32.0 Å². The van der Waals surface area contributed by atoms with Gasteiger partial charge in [0.05, 0.1) is 23.5 Å². The molecular formula is C23H22ClN3O3S. The Hall–Kier alpha value is -2.64. The van der Waals surface area contributed by atoms with E-state index in [-0.39, 0.29) is 23.6 Å². The zero-order valence-electron chi connectivity index (χ0n) is 17.5. The summed E-state index contributed by atoms with van der Waals surface area (Å²) in [5.41, 5.74) is 5.85. The number of halogens is 1. The van der Waals surface area contributed by atoms with Crippen molar-refractivity contribution in [3.8, 4) is 11.3 Å². The van der Waals surface area contributed by atoms with E-state index in [4.69, 9.17) is 16.0 Å². The van der Waals surface area contributed by atoms with Gasteiger partial charge >= 0.3 is 6.03 Å². The molecule has 6 nitrogen and oxygen atoms in total. The summed E-state index contributed by atoms with van der Waals surface area (Å²) in [7, 11) is 3.28. The third kappa shape index (κ3) is 3.18. The van der Waals surface area contributed by atoms with Crippen LogP contribution in [0.5, 0.6) is 0 Å². The third-order valence-electron chi connectivity index (χ3n) is 5.98. The number of furan rings is 1. The number of fused-ring (bicyclic) bond motifs is 3. The molecule has 1 aromatic carbocycles. The molecule has 2 aromatic heterocycles. The first-order valence-corrected chi connectivity index (χ1v) is 11.5. The number of hydrogen-bond donors (Lipinski definition) is 0. The molecule has 2 aliphatic heterocycles. The van der Waals surface area contributed by atoms with Gasteiger partial charge < -0.3 is 8.98 Å². The number of carbonyl (C=O) groups excluding carboxylic acids is 2. The van der Waals surface area contributed by atoms with Gasteiger partial charge in [-0.2, -0.15) is 0 Å². The Balaban J connectivity index is 1.83. The number of amides is 3. The highest BCUT2D eigenvalue weighted by Crippen LogP contribution is 2.50. The van der Waals surface area contributed by atoms with Crippen molar-refractivity contribution in [1.29, 1.82) is 0 Å². The minimum atomic E-state index is -0.334. The van der Waals surface area contributed by atoms with Crippen molar-refractivity contribution in [2.45, 2.75) is 25.1 Å². The maximum atomic E-state index is 13.0. The molecule has 0 N–H and O–H groups in total. The summed E-state index contributed by atoms with van der Waals surface area (Å²) in [5.74, 6) is 1.42. The van der Waals surface area contributed by atoms with E-state index < -0.39 is 0 Å². The normalized spacial score (nSPS) is 18.8. The van der Waals surface area contributed by atoms with Crippen LogP contribution in [-0.4, -0.2) is 41.3 Å². The highest BCUT2D eigenvalue weighted by molar-refractivity contribution is 7.99. The van der Waals surface area contributed by atoms with Crippen molar-refractivity contribution < 1.29 is 14.0 Å². The first-order chi connectivity index (χ1) is 14.9. The summed E-state index contributed by atoms with van der Waals surface area (Å²) in [4.78, 5) is 28.7. The topological polar surface area (TPSA) is 58.7 Å². The van der Waals surface area contributed by atoms with E-state index in [9.17, 15) is 9.59 Å². The van der Waals surface area contributed by atoms with Crippen LogP contribution < -0.4 is 4.90 Å². The number of anilines is 1. The predicted octanol–water partition coefficient (Wildman–Crippen LogP) is 5.12. The van der Waals surface area contributed by atoms with Crippen molar-refractivity contribution in [1.82, 2.24) is 9.47 Å². The second kappa shape index (κ2) is 7.50. The Morgan fingerprint density at radius 2 is 1.94 bits per heavy atom. The lowest BCUT2D eigenvalue weighted by Gasteiger charge is -2.28. The minimum Gasteiger partial charge on any atom is -0.448 e. The van der Waals surface area contributed by atoms with Crippen LogP contribution in [0.1, 0.15) is 27.8 Å². The Bertz CT molecular complexity index is 1210. The molecule has 0 saturated heterocycles. The minimum absolute atomic E-state index is 0.123. The second-order valence-electron chi connectivity index (χ2n) is 7.95. The number of thioether (sulfide) groups is 1. The average Bonchev–Trinajstić information content (AvgIpc) is 3.30. The third-order valence-corrected chi connectivity index (χ3v) is 7.39. The van der Waals surface area contributed by atoms with Gasteiger partial charge in [-0.05, 0) is 42.3 Å². The maximum absolute atomic E-state index is 13.0. The number of hydrogen-bond acceptors (Lipinski definition) is 4. The van der Waals surface area contributed by atoms with Crippen LogP contribution in [0.2, 0.25) is 5.22 Å². The zero-order chi connectivity index (χ0) is 21.9. The first-order valence-electron chi connectivity index (χ1n) is 10.1. The van der Waals surface area contributed by atoms with Gasteiger partial charge in [-0.15, -0.1) is 11.8 Å². The molecule has 0 saturated carbocycles. The number of aryl methyl sites for hydroxylation is 1. The molecule has 8 heteroatoms. The molecule has 4 heterocycles. The number of likely N-dealkylation sites (N-methyl/N-ethyl adjacent to an activating group) is 1. The number of imide groups is 1. The molecule has 1 atom stereocenters. The van der Waals surface area contributed by atoms with Crippen molar-refractivity contribution in [3.63, 3.8) is 0 Å². The van der Waals surface area contributed by atoms with Crippen LogP contribution in [0.3, 0.4) is 0 Å². The lowest BCUT2D eigenvalue weighted by atomic mass is 10.0. The molecule has 3 amide bonds. The molecule has 2 aliphatic rings. The number of benzene rings is 1. The molecule has 31 heavy (non-hydrogen) atoms. The van der Waals surface area contributed by atoms with Crippen molar-refractivity contribution in [2.75, 3.05) is 24.7 Å². The molecule has 0 bridgehead atoms. The summed E-state index contributed by atoms with van der Waals surface area (Å²) >= 11 is 7.84. The molecule has 5 rings (SSSR count). The Labute approximate surface area is 189 Å². The van der Waals surface area contributed by atoms with Gasteiger partial charge in [-0.25, -0.2) is 4.79 Å². The molecule has 0 radical (unpaired) electrons. The molecule has 3 aromatic rings. The van der Waals surface area contributed by atoms with Gasteiger partial charge in [-0.1, -0.05) is 23.8 Å². The van der Waals surface area contributed by atoms with Crippen LogP contribution in [0.25, 0.3) is 11.3 Å². The van der Waals surface area contributed by atoms with Crippen molar-refractivity contribution in [2.24, 2.45) is 0 Å². The van der Waals surface area contributed by atoms with E-state index in [1.165, 1.54) is 11.9 Å². The molecule has 160 valence electrons. The van der Waals surface area contributed by atoms with E-state index in [2.05, 4.69) is 29.7 Å². The number of nitrogens with zero attached hydrogens (tertiary/aromatic N) is 3. The predicted molar refractivity (Wildman–Crippen MR) is 123 cm³/mol. The molecule has 0 aliphatic carbocycles. The van der Waals surface area contributed by atoms with E-state index in [1.54, 1.807) is 29.8 Å². The largest absolute Gasteiger partial charge is 0.448 e. The fraction of sp³-hybridized carbons (Fsp3) is 0.304. The summed E-state index contributed by atoms with van der Waals surface area (Å²) < 4.78 is 8.05. The molecule has 1 unspecified atom stereocenters. The fourth-order valence-electron chi connectivity index (χ4n) is 4.56. The van der Waals surface area contributed by atoms with Crippen LogP contribution >= 0.6 is 23.4 Å². The highest BCUT2D eigenvalue weighted by atomic mass is 35.5. The van der Waals surface area contributed by atoms with E-state index in [1.807, 2.05) is 12.1 Å². The lowest BCUT2D eigenvalue weighted by molar-refractivity contribution is -0.126. The van der Waals surface area contributed by atoms with Gasteiger partial charge in [0.25, 0.3) is 0 Å². The maximum Gasteiger partial charge on any atom is 0.330 e. The van der Waals surface area contributed by atoms with Crippen LogP contribution in [0.15, 0.2) is 40.8 Å².